The molecule has 0 spiro atoms. The highest BCUT2D eigenvalue weighted by molar-refractivity contribution is 5.90. The number of carbonyl (C=O) groups excluding carboxylic acids is 1. The summed E-state index contributed by atoms with van der Waals surface area (Å²) < 4.78 is 21.2. The smallest absolute Gasteiger partial charge is 0.414 e. The summed E-state index contributed by atoms with van der Waals surface area (Å²) in [4.78, 5) is 17.4. The molecule has 10 heteroatoms. The summed E-state index contributed by atoms with van der Waals surface area (Å²) >= 11 is 0. The molecule has 1 fully saturated rings. The number of hydrogen-bond donors (Lipinski definition) is 2. The monoisotopic (exact) mass is 384 g/mol. The molecule has 9 nitrogen and oxygen atoms in total. The normalized spacial score (nSPS) is 16.3. The van der Waals surface area contributed by atoms with Crippen LogP contribution in [0.2, 0.25) is 0 Å². The molecule has 4 rings (SSSR count). The Kier molecular flexibility index (Phi) is 4.62. The second kappa shape index (κ2) is 7.24. The Hall–Kier alpha value is -3.53. The first kappa shape index (κ1) is 17.9. The lowest BCUT2D eigenvalue weighted by Gasteiger charge is -2.14. The van der Waals surface area contributed by atoms with Gasteiger partial charge in [0.25, 0.3) is 0 Å². The number of anilines is 3. The number of benzene rings is 1. The van der Waals surface area contributed by atoms with Crippen LogP contribution in [-0.4, -0.2) is 50.4 Å². The molecule has 0 radical (unpaired) electrons. The third-order valence-corrected chi connectivity index (χ3v) is 4.28. The van der Waals surface area contributed by atoms with E-state index in [0.29, 0.717) is 28.5 Å². The summed E-state index contributed by atoms with van der Waals surface area (Å²) in [5.41, 5.74) is 1.32. The van der Waals surface area contributed by atoms with Crippen molar-refractivity contribution in [3.63, 3.8) is 0 Å². The molecule has 144 valence electrons. The van der Waals surface area contributed by atoms with Crippen molar-refractivity contribution in [2.24, 2.45) is 7.05 Å². The Morgan fingerprint density at radius 2 is 2.18 bits per heavy atom. The molecule has 1 saturated heterocycles. The number of halogens is 1. The van der Waals surface area contributed by atoms with Gasteiger partial charge in [-0.05, 0) is 30.3 Å². The molecule has 1 atom stereocenters. The predicted octanol–water partition coefficient (Wildman–Crippen LogP) is 2.08. The molecule has 3 heterocycles. The van der Waals surface area contributed by atoms with Crippen LogP contribution in [0.15, 0.2) is 42.7 Å². The van der Waals surface area contributed by atoms with Gasteiger partial charge in [-0.1, -0.05) is 5.21 Å². The maximum atomic E-state index is 14.7. The zero-order chi connectivity index (χ0) is 19.7. The van der Waals surface area contributed by atoms with Crippen LogP contribution in [0.5, 0.6) is 0 Å². The van der Waals surface area contributed by atoms with Crippen molar-refractivity contribution in [1.82, 2.24) is 20.0 Å². The minimum Gasteiger partial charge on any atom is -0.441 e. The van der Waals surface area contributed by atoms with Gasteiger partial charge in [-0.25, -0.2) is 14.2 Å². The first-order valence-electron chi connectivity index (χ1n) is 8.52. The van der Waals surface area contributed by atoms with Gasteiger partial charge >= 0.3 is 6.09 Å². The molecule has 2 N–H and O–H groups in total. The number of hydrogen-bond acceptors (Lipinski definition) is 7. The van der Waals surface area contributed by atoms with Gasteiger partial charge in [0.15, 0.2) is 5.82 Å². The summed E-state index contributed by atoms with van der Waals surface area (Å²) in [6.45, 7) is -0.0954. The molecule has 2 aromatic heterocycles. The molecule has 1 unspecified atom stereocenters. The topological polar surface area (TPSA) is 105 Å². The summed E-state index contributed by atoms with van der Waals surface area (Å²) in [5.74, 6) is 0.613. The SMILES string of the molecule is Cn1cc(Nc2ccc(-c3ccc(N4CC(CO)OC4=O)cc3F)cn2)nn1. The number of aryl methyl sites for hydroxylation is 1. The lowest BCUT2D eigenvalue weighted by atomic mass is 10.1. The summed E-state index contributed by atoms with van der Waals surface area (Å²) in [5, 5.41) is 19.9. The second-order valence-corrected chi connectivity index (χ2v) is 6.30. The lowest BCUT2D eigenvalue weighted by molar-refractivity contribution is 0.0963. The van der Waals surface area contributed by atoms with Gasteiger partial charge in [-0.2, -0.15) is 0 Å². The van der Waals surface area contributed by atoms with E-state index in [2.05, 4.69) is 20.6 Å². The molecule has 28 heavy (non-hydrogen) atoms. The highest BCUT2D eigenvalue weighted by atomic mass is 19.1. The van der Waals surface area contributed by atoms with E-state index in [0.717, 1.165) is 0 Å². The Morgan fingerprint density at radius 3 is 2.79 bits per heavy atom. The van der Waals surface area contributed by atoms with E-state index in [-0.39, 0.29) is 13.2 Å². The average molecular weight is 384 g/mol. The molecular weight excluding hydrogens is 367 g/mol. The summed E-state index contributed by atoms with van der Waals surface area (Å²) in [6, 6.07) is 7.92. The fourth-order valence-corrected chi connectivity index (χ4v) is 2.90. The quantitative estimate of drug-likeness (QED) is 0.694. The number of aliphatic hydroxyl groups is 1. The standard InChI is InChI=1S/C18H17FN6O3/c1-24-9-17(22-23-24)21-16-5-2-11(7-20-16)14-4-3-12(6-15(14)19)25-8-13(10-26)28-18(25)27/h2-7,9,13,26H,8,10H2,1H3,(H,20,21). The predicted molar refractivity (Wildman–Crippen MR) is 98.6 cm³/mol. The van der Waals surface area contributed by atoms with Crippen molar-refractivity contribution in [2.45, 2.75) is 6.10 Å². The van der Waals surface area contributed by atoms with Gasteiger partial charge in [0.2, 0.25) is 0 Å². The Morgan fingerprint density at radius 1 is 1.32 bits per heavy atom. The first-order chi connectivity index (χ1) is 13.5. The number of aliphatic hydroxyl groups excluding tert-OH is 1. The van der Waals surface area contributed by atoms with Crippen LogP contribution in [0, 0.1) is 5.82 Å². The number of ether oxygens (including phenoxy) is 1. The lowest BCUT2D eigenvalue weighted by Crippen LogP contribution is -2.25. The highest BCUT2D eigenvalue weighted by Crippen LogP contribution is 2.29. The maximum Gasteiger partial charge on any atom is 0.414 e. The summed E-state index contributed by atoms with van der Waals surface area (Å²) in [6.07, 6.45) is 2.04. The minimum absolute atomic E-state index is 0.179. The van der Waals surface area contributed by atoms with E-state index in [1.165, 1.54) is 11.0 Å². The van der Waals surface area contributed by atoms with Gasteiger partial charge in [-0.3, -0.25) is 9.58 Å². The number of pyridine rings is 1. The molecular formula is C18H17FN6O3. The number of rotatable bonds is 5. The Labute approximate surface area is 159 Å². The molecule has 1 aromatic carbocycles. The van der Waals surface area contributed by atoms with Crippen LogP contribution in [-0.2, 0) is 11.8 Å². The van der Waals surface area contributed by atoms with E-state index in [9.17, 15) is 9.18 Å². The van der Waals surface area contributed by atoms with Crippen LogP contribution in [0.1, 0.15) is 0 Å². The van der Waals surface area contributed by atoms with E-state index in [1.807, 2.05) is 0 Å². The molecule has 0 aliphatic carbocycles. The van der Waals surface area contributed by atoms with Crippen LogP contribution < -0.4 is 10.2 Å². The Balaban J connectivity index is 1.52. The number of amides is 1. The van der Waals surface area contributed by atoms with Gasteiger partial charge in [0, 0.05) is 24.4 Å². The number of nitrogens with one attached hydrogen (secondary N) is 1. The van der Waals surface area contributed by atoms with E-state index in [1.54, 1.807) is 48.4 Å². The molecule has 0 saturated carbocycles. The van der Waals surface area contributed by atoms with Crippen molar-refractivity contribution in [3.8, 4) is 11.1 Å². The number of carbonyl (C=O) groups is 1. The highest BCUT2D eigenvalue weighted by Gasteiger charge is 2.32. The maximum absolute atomic E-state index is 14.7. The number of aromatic nitrogens is 4. The van der Waals surface area contributed by atoms with Crippen LogP contribution in [0.3, 0.4) is 0 Å². The van der Waals surface area contributed by atoms with E-state index in [4.69, 9.17) is 9.84 Å². The van der Waals surface area contributed by atoms with Crippen molar-refractivity contribution in [3.05, 3.63) is 48.5 Å². The number of nitrogens with zero attached hydrogens (tertiary/aromatic N) is 5. The van der Waals surface area contributed by atoms with Gasteiger partial charge in [0.05, 0.1) is 25.0 Å². The zero-order valence-electron chi connectivity index (χ0n) is 14.9. The van der Waals surface area contributed by atoms with E-state index >= 15 is 0 Å². The second-order valence-electron chi connectivity index (χ2n) is 6.30. The van der Waals surface area contributed by atoms with Crippen molar-refractivity contribution in [1.29, 1.82) is 0 Å². The van der Waals surface area contributed by atoms with Gasteiger partial charge in [-0.15, -0.1) is 5.10 Å². The van der Waals surface area contributed by atoms with Crippen molar-refractivity contribution in [2.75, 3.05) is 23.4 Å². The van der Waals surface area contributed by atoms with Crippen LogP contribution in [0.4, 0.5) is 26.5 Å². The molecule has 3 aromatic rings. The third-order valence-electron chi connectivity index (χ3n) is 4.28. The largest absolute Gasteiger partial charge is 0.441 e. The van der Waals surface area contributed by atoms with Gasteiger partial charge < -0.3 is 15.2 Å². The van der Waals surface area contributed by atoms with E-state index < -0.39 is 18.0 Å². The Bertz CT molecular complexity index is 1010. The minimum atomic E-state index is -0.604. The fourth-order valence-electron chi connectivity index (χ4n) is 2.90. The van der Waals surface area contributed by atoms with Crippen LogP contribution >= 0.6 is 0 Å². The molecule has 1 amide bonds. The third kappa shape index (κ3) is 3.49. The molecule has 1 aliphatic heterocycles. The van der Waals surface area contributed by atoms with Crippen molar-refractivity contribution < 1.29 is 19.0 Å². The zero-order valence-corrected chi connectivity index (χ0v) is 14.9. The molecule has 0 bridgehead atoms. The average Bonchev–Trinajstić information content (AvgIpc) is 3.27. The number of cyclic esters (lactones) is 1. The first-order valence-corrected chi connectivity index (χ1v) is 8.52. The van der Waals surface area contributed by atoms with Gasteiger partial charge in [0.1, 0.15) is 17.7 Å². The molecule has 1 aliphatic rings. The summed E-state index contributed by atoms with van der Waals surface area (Å²) in [7, 11) is 1.76. The van der Waals surface area contributed by atoms with Crippen molar-refractivity contribution >= 4 is 23.4 Å². The fraction of sp³-hybridized carbons (Fsp3) is 0.222. The van der Waals surface area contributed by atoms with Crippen LogP contribution in [0.25, 0.3) is 11.1 Å².